The van der Waals surface area contributed by atoms with Gasteiger partial charge in [0.15, 0.2) is 9.84 Å². The van der Waals surface area contributed by atoms with Crippen LogP contribution in [-0.4, -0.2) is 25.5 Å². The Bertz CT molecular complexity index is 356. The first-order valence-corrected chi connectivity index (χ1v) is 8.19. The quantitative estimate of drug-likeness (QED) is 0.845. The Labute approximate surface area is 106 Å². The third kappa shape index (κ3) is 3.44. The van der Waals surface area contributed by atoms with E-state index in [0.717, 1.165) is 19.3 Å². The first-order chi connectivity index (χ1) is 7.62. The van der Waals surface area contributed by atoms with Gasteiger partial charge in [-0.15, -0.1) is 0 Å². The number of hydrogen-bond donors (Lipinski definition) is 1. The molecule has 0 aromatic heterocycles. The second kappa shape index (κ2) is 4.88. The Morgan fingerprint density at radius 1 is 1.35 bits per heavy atom. The summed E-state index contributed by atoms with van der Waals surface area (Å²) in [7, 11) is -3.01. The molecule has 1 fully saturated rings. The fourth-order valence-corrected chi connectivity index (χ4v) is 3.98. The minimum atomic E-state index is -3.01. The monoisotopic (exact) mass is 261 g/mol. The van der Waals surface area contributed by atoms with Crippen LogP contribution in [-0.2, 0) is 9.84 Å². The van der Waals surface area contributed by atoms with Gasteiger partial charge in [0, 0.05) is 0 Å². The maximum atomic E-state index is 12.1. The van der Waals surface area contributed by atoms with E-state index in [0.29, 0.717) is 12.5 Å². The molecule has 2 N–H and O–H groups in total. The van der Waals surface area contributed by atoms with E-state index in [1.54, 1.807) is 20.8 Å². The van der Waals surface area contributed by atoms with E-state index >= 15 is 0 Å². The molecule has 2 atom stereocenters. The van der Waals surface area contributed by atoms with Gasteiger partial charge in [0.05, 0.1) is 10.5 Å². The average Bonchev–Trinajstić information content (AvgIpc) is 2.57. The van der Waals surface area contributed by atoms with Gasteiger partial charge in [0.1, 0.15) is 0 Å². The number of rotatable bonds is 4. The van der Waals surface area contributed by atoms with Crippen LogP contribution in [0.4, 0.5) is 0 Å². The van der Waals surface area contributed by atoms with E-state index in [9.17, 15) is 8.42 Å². The summed E-state index contributed by atoms with van der Waals surface area (Å²) in [4.78, 5) is 0. The van der Waals surface area contributed by atoms with E-state index in [4.69, 9.17) is 5.73 Å². The van der Waals surface area contributed by atoms with Gasteiger partial charge in [-0.25, -0.2) is 8.42 Å². The van der Waals surface area contributed by atoms with Crippen molar-refractivity contribution in [2.24, 2.45) is 17.1 Å². The molecule has 2 unspecified atom stereocenters. The fourth-order valence-electron chi connectivity index (χ4n) is 2.67. The summed E-state index contributed by atoms with van der Waals surface area (Å²) in [6.07, 6.45) is 4.09. The molecule has 4 heteroatoms. The summed E-state index contributed by atoms with van der Waals surface area (Å²) < 4.78 is 23.6. The van der Waals surface area contributed by atoms with Crippen molar-refractivity contribution in [1.82, 2.24) is 0 Å². The smallest absolute Gasteiger partial charge is 0.155 e. The van der Waals surface area contributed by atoms with Crippen LogP contribution in [0, 0.1) is 11.3 Å². The maximum absolute atomic E-state index is 12.1. The van der Waals surface area contributed by atoms with Crippen LogP contribution >= 0.6 is 0 Å². The molecule has 0 aromatic rings. The summed E-state index contributed by atoms with van der Waals surface area (Å²) in [6, 6.07) is 0. The maximum Gasteiger partial charge on any atom is 0.155 e. The summed E-state index contributed by atoms with van der Waals surface area (Å²) in [5.41, 5.74) is 5.96. The zero-order valence-corrected chi connectivity index (χ0v) is 12.4. The molecule has 1 aliphatic rings. The molecule has 0 heterocycles. The molecule has 1 aliphatic carbocycles. The summed E-state index contributed by atoms with van der Waals surface area (Å²) in [5.74, 6) is 0.969. The standard InChI is InChI=1S/C13H27NO2S/c1-11-5-6-13(9-11,10-14)7-8-17(15,16)12(2,3)4/h11H,5-10,14H2,1-4H3. The highest BCUT2D eigenvalue weighted by Crippen LogP contribution is 2.44. The van der Waals surface area contributed by atoms with Crippen LogP contribution in [0.2, 0.25) is 0 Å². The third-order valence-electron chi connectivity index (χ3n) is 4.22. The van der Waals surface area contributed by atoms with E-state index in [1.807, 2.05) is 0 Å². The molecular weight excluding hydrogens is 234 g/mol. The Morgan fingerprint density at radius 3 is 2.29 bits per heavy atom. The van der Waals surface area contributed by atoms with Gasteiger partial charge in [0.25, 0.3) is 0 Å². The number of hydrogen-bond acceptors (Lipinski definition) is 3. The second-order valence-corrected chi connectivity index (χ2v) is 9.60. The van der Waals surface area contributed by atoms with Crippen LogP contribution in [0.5, 0.6) is 0 Å². The zero-order valence-electron chi connectivity index (χ0n) is 11.6. The fraction of sp³-hybridized carbons (Fsp3) is 1.00. The lowest BCUT2D eigenvalue weighted by molar-refractivity contribution is 0.286. The Morgan fingerprint density at radius 2 is 1.94 bits per heavy atom. The van der Waals surface area contributed by atoms with Crippen LogP contribution in [0.15, 0.2) is 0 Å². The van der Waals surface area contributed by atoms with Gasteiger partial charge in [-0.3, -0.25) is 0 Å². The van der Waals surface area contributed by atoms with Crippen molar-refractivity contribution >= 4 is 9.84 Å². The highest BCUT2D eigenvalue weighted by molar-refractivity contribution is 7.92. The van der Waals surface area contributed by atoms with Gasteiger partial charge in [0.2, 0.25) is 0 Å². The molecule has 1 rings (SSSR count). The lowest BCUT2D eigenvalue weighted by atomic mass is 9.83. The molecule has 0 radical (unpaired) electrons. The molecule has 0 saturated heterocycles. The first kappa shape index (κ1) is 15.0. The number of sulfone groups is 1. The van der Waals surface area contributed by atoms with Gasteiger partial charge in [-0.05, 0) is 57.9 Å². The first-order valence-electron chi connectivity index (χ1n) is 6.54. The Kier molecular flexibility index (Phi) is 4.30. The zero-order chi connectivity index (χ0) is 13.3. The predicted octanol–water partition coefficient (Wildman–Crippen LogP) is 2.35. The van der Waals surface area contributed by atoms with Crippen molar-refractivity contribution in [2.45, 2.75) is 58.1 Å². The van der Waals surface area contributed by atoms with Crippen molar-refractivity contribution in [3.05, 3.63) is 0 Å². The minimum Gasteiger partial charge on any atom is -0.330 e. The second-order valence-electron chi connectivity index (χ2n) is 6.73. The summed E-state index contributed by atoms with van der Waals surface area (Å²) >= 11 is 0. The molecule has 0 aliphatic heterocycles. The predicted molar refractivity (Wildman–Crippen MR) is 72.7 cm³/mol. The van der Waals surface area contributed by atoms with Crippen LogP contribution in [0.25, 0.3) is 0 Å². The molecule has 0 aromatic carbocycles. The molecule has 1 saturated carbocycles. The number of nitrogens with two attached hydrogens (primary N) is 1. The topological polar surface area (TPSA) is 60.2 Å². The lowest BCUT2D eigenvalue weighted by Gasteiger charge is -2.29. The summed E-state index contributed by atoms with van der Waals surface area (Å²) in [6.45, 7) is 8.17. The van der Waals surface area contributed by atoms with Crippen molar-refractivity contribution in [1.29, 1.82) is 0 Å². The van der Waals surface area contributed by atoms with Crippen LogP contribution in [0.1, 0.15) is 53.4 Å². The van der Waals surface area contributed by atoms with Gasteiger partial charge < -0.3 is 5.73 Å². The normalized spacial score (nSPS) is 30.8. The van der Waals surface area contributed by atoms with Crippen molar-refractivity contribution in [2.75, 3.05) is 12.3 Å². The Hall–Kier alpha value is -0.0900. The van der Waals surface area contributed by atoms with Crippen LogP contribution in [0.3, 0.4) is 0 Å². The molecule has 0 bridgehead atoms. The largest absolute Gasteiger partial charge is 0.330 e. The van der Waals surface area contributed by atoms with Gasteiger partial charge >= 0.3 is 0 Å². The molecule has 102 valence electrons. The minimum absolute atomic E-state index is 0.0811. The van der Waals surface area contributed by atoms with Crippen molar-refractivity contribution < 1.29 is 8.42 Å². The van der Waals surface area contributed by atoms with E-state index in [2.05, 4.69) is 6.92 Å². The van der Waals surface area contributed by atoms with E-state index in [1.165, 1.54) is 6.42 Å². The highest BCUT2D eigenvalue weighted by Gasteiger charge is 2.38. The molecule has 0 spiro atoms. The Balaban J connectivity index is 2.67. The van der Waals surface area contributed by atoms with Crippen molar-refractivity contribution in [3.63, 3.8) is 0 Å². The molecular formula is C13H27NO2S. The van der Waals surface area contributed by atoms with E-state index < -0.39 is 14.6 Å². The molecule has 0 amide bonds. The van der Waals surface area contributed by atoms with Crippen LogP contribution < -0.4 is 5.73 Å². The third-order valence-corrected chi connectivity index (χ3v) is 6.82. The molecule has 3 nitrogen and oxygen atoms in total. The SMILES string of the molecule is CC1CCC(CN)(CCS(=O)(=O)C(C)(C)C)C1. The highest BCUT2D eigenvalue weighted by atomic mass is 32.2. The average molecular weight is 261 g/mol. The van der Waals surface area contributed by atoms with E-state index in [-0.39, 0.29) is 11.2 Å². The molecule has 17 heavy (non-hydrogen) atoms. The lowest BCUT2D eigenvalue weighted by Crippen LogP contribution is -2.35. The van der Waals surface area contributed by atoms with Crippen molar-refractivity contribution in [3.8, 4) is 0 Å². The van der Waals surface area contributed by atoms with Gasteiger partial charge in [-0.1, -0.05) is 13.3 Å². The van der Waals surface area contributed by atoms with Gasteiger partial charge in [-0.2, -0.15) is 0 Å². The summed E-state index contributed by atoms with van der Waals surface area (Å²) in [5, 5.41) is 0.